The van der Waals surface area contributed by atoms with Crippen molar-refractivity contribution < 1.29 is 46.4 Å². The zero-order valence-corrected chi connectivity index (χ0v) is 23.7. The van der Waals surface area contributed by atoms with Crippen molar-refractivity contribution in [1.82, 2.24) is 0 Å². The van der Waals surface area contributed by atoms with Gasteiger partial charge in [0.2, 0.25) is 0 Å². The van der Waals surface area contributed by atoms with Gasteiger partial charge in [0.1, 0.15) is 17.5 Å². The lowest BCUT2D eigenvalue weighted by Gasteiger charge is -2.57. The van der Waals surface area contributed by atoms with E-state index in [0.717, 1.165) is 5.57 Å². The van der Waals surface area contributed by atoms with Crippen molar-refractivity contribution in [2.75, 3.05) is 26.4 Å². The Morgan fingerprint density at radius 2 is 1.59 bits per heavy atom. The molecule has 5 nitrogen and oxygen atoms in total. The molecule has 0 bridgehead atoms. The number of hydrogen-bond acceptors (Lipinski definition) is 5. The first-order chi connectivity index (χ1) is 19.0. The summed E-state index contributed by atoms with van der Waals surface area (Å²) in [7, 11) is 0. The van der Waals surface area contributed by atoms with Gasteiger partial charge in [0, 0.05) is 22.3 Å². The average Bonchev–Trinajstić information content (AvgIpc) is 3.17. The minimum atomic E-state index is -5.91. The van der Waals surface area contributed by atoms with Crippen LogP contribution in [-0.2, 0) is 9.47 Å². The second kappa shape index (κ2) is 10.1. The third-order valence-corrected chi connectivity index (χ3v) is 10.4. The van der Waals surface area contributed by atoms with Crippen LogP contribution in [0.3, 0.4) is 0 Å². The van der Waals surface area contributed by atoms with Gasteiger partial charge in [-0.1, -0.05) is 50.6 Å². The van der Waals surface area contributed by atoms with E-state index >= 15 is 8.78 Å². The molecule has 1 aromatic rings. The van der Waals surface area contributed by atoms with Crippen molar-refractivity contribution in [2.45, 2.75) is 88.5 Å². The first-order valence-corrected chi connectivity index (χ1v) is 14.3. The number of aldehydes is 1. The van der Waals surface area contributed by atoms with Gasteiger partial charge in [-0.2, -0.15) is 22.0 Å². The van der Waals surface area contributed by atoms with Crippen LogP contribution in [-0.4, -0.2) is 66.2 Å². The second-order valence-corrected chi connectivity index (χ2v) is 13.6. The molecule has 5 rings (SSSR count). The first-order valence-electron chi connectivity index (χ1n) is 14.3. The predicted molar refractivity (Wildman–Crippen MR) is 141 cm³/mol. The topological polar surface area (TPSA) is 76.0 Å². The monoisotopic (exact) mass is 586 g/mol. The Morgan fingerprint density at radius 3 is 2.22 bits per heavy atom. The molecule has 0 spiro atoms. The molecule has 1 aliphatic heterocycles. The van der Waals surface area contributed by atoms with Gasteiger partial charge in [0.25, 0.3) is 0 Å². The number of fused-ring (bicyclic) bond motifs is 4. The molecule has 1 heterocycles. The summed E-state index contributed by atoms with van der Waals surface area (Å²) in [5, 5.41) is 23.4. The van der Waals surface area contributed by atoms with Crippen molar-refractivity contribution in [2.24, 2.45) is 22.7 Å². The molecule has 2 saturated carbocycles. The molecule has 0 aromatic heterocycles. The van der Waals surface area contributed by atoms with E-state index in [-0.39, 0.29) is 31.3 Å². The fourth-order valence-electron chi connectivity index (χ4n) is 8.31. The maximum atomic E-state index is 15.2. The Hall–Kier alpha value is -1.88. The van der Waals surface area contributed by atoms with Crippen molar-refractivity contribution in [3.8, 4) is 0 Å². The number of carbonyl (C=O) groups is 1. The Morgan fingerprint density at radius 1 is 0.927 bits per heavy atom. The van der Waals surface area contributed by atoms with Crippen LogP contribution in [0.2, 0.25) is 0 Å². The number of hydrogen-bond donors (Lipinski definition) is 2. The van der Waals surface area contributed by atoms with E-state index in [2.05, 4.69) is 0 Å². The number of benzene rings is 1. The number of alkyl halides is 5. The van der Waals surface area contributed by atoms with Crippen LogP contribution in [0.4, 0.5) is 22.0 Å². The van der Waals surface area contributed by atoms with E-state index in [1.807, 2.05) is 13.8 Å². The molecule has 0 radical (unpaired) electrons. The predicted octanol–water partition coefficient (Wildman–Crippen LogP) is 6.23. The quantitative estimate of drug-likeness (QED) is 0.250. The van der Waals surface area contributed by atoms with Gasteiger partial charge in [0.15, 0.2) is 0 Å². The summed E-state index contributed by atoms with van der Waals surface area (Å²) >= 11 is 0. The number of rotatable bonds is 3. The fraction of sp³-hybridized carbons (Fsp3) is 0.710. The minimum Gasteiger partial charge on any atom is -0.383 e. The van der Waals surface area contributed by atoms with Crippen molar-refractivity contribution >= 4 is 6.29 Å². The highest BCUT2D eigenvalue weighted by atomic mass is 19.4. The van der Waals surface area contributed by atoms with Gasteiger partial charge in [-0.15, -0.1) is 0 Å². The summed E-state index contributed by atoms with van der Waals surface area (Å²) in [6, 6.07) is 6.53. The Bertz CT molecular complexity index is 1190. The number of carbonyl (C=O) groups excluding carboxylic acids is 1. The molecule has 0 amide bonds. The van der Waals surface area contributed by atoms with E-state index in [0.29, 0.717) is 55.6 Å². The van der Waals surface area contributed by atoms with Gasteiger partial charge in [0.05, 0.1) is 26.4 Å². The molecule has 1 aromatic carbocycles. The zero-order valence-electron chi connectivity index (χ0n) is 23.7. The van der Waals surface area contributed by atoms with Crippen LogP contribution < -0.4 is 0 Å². The highest BCUT2D eigenvalue weighted by molar-refractivity contribution is 5.74. The van der Waals surface area contributed by atoms with Crippen LogP contribution in [0, 0.1) is 22.7 Å². The highest BCUT2D eigenvalue weighted by Gasteiger charge is 2.79. The molecule has 41 heavy (non-hydrogen) atoms. The molecule has 1 saturated heterocycles. The lowest BCUT2D eigenvalue weighted by molar-refractivity contribution is -0.362. The molecule has 3 fully saturated rings. The Balaban J connectivity index is 1.66. The van der Waals surface area contributed by atoms with Crippen LogP contribution in [0.25, 0.3) is 0 Å². The summed E-state index contributed by atoms with van der Waals surface area (Å²) in [5.74, 6) is -7.02. The molecule has 3 unspecified atom stereocenters. The maximum Gasteiger partial charge on any atom is 0.456 e. The van der Waals surface area contributed by atoms with Crippen molar-refractivity contribution in [3.05, 3.63) is 46.5 Å². The van der Waals surface area contributed by atoms with Gasteiger partial charge in [-0.3, -0.25) is 4.79 Å². The number of aliphatic hydroxyl groups is 2. The lowest BCUT2D eigenvalue weighted by atomic mass is 9.50. The molecule has 3 aliphatic carbocycles. The molecule has 6 atom stereocenters. The summed E-state index contributed by atoms with van der Waals surface area (Å²) < 4.78 is 83.6. The van der Waals surface area contributed by atoms with Gasteiger partial charge in [-0.25, -0.2) is 0 Å². The van der Waals surface area contributed by atoms with E-state index < -0.39 is 52.9 Å². The smallest absolute Gasteiger partial charge is 0.383 e. The van der Waals surface area contributed by atoms with Crippen LogP contribution in [0.15, 0.2) is 35.4 Å². The standard InChI is InChI=1S/C31H39F5O5/c1-26(2)16-40-13-10-24-25-21(8-11-28(24,38)18-41-17-26)23-9-12-29(39,30(32,33)31(34,35)36)27(23,3)14-22(25)20-6-4-19(15-37)5-7-20/h4-7,15,21-23,38-39H,8-14,16-18H2,1-3H3/t21?,22-,23?,27?,28-,29+/m1/s1. The van der Waals surface area contributed by atoms with E-state index in [1.54, 1.807) is 24.3 Å². The molecule has 4 aliphatic rings. The van der Waals surface area contributed by atoms with Crippen molar-refractivity contribution in [3.63, 3.8) is 0 Å². The number of ether oxygens (including phenoxy) is 2. The van der Waals surface area contributed by atoms with Crippen LogP contribution in [0.1, 0.15) is 81.1 Å². The largest absolute Gasteiger partial charge is 0.456 e. The number of allylic oxidation sites excluding steroid dienone is 1. The zero-order chi connectivity index (χ0) is 30.1. The summed E-state index contributed by atoms with van der Waals surface area (Å²) in [5.41, 5.74) is -4.11. The summed E-state index contributed by atoms with van der Waals surface area (Å²) in [6.07, 6.45) is -5.10. The second-order valence-electron chi connectivity index (χ2n) is 13.6. The molecular formula is C31H39F5O5. The normalized spacial score (nSPS) is 38.0. The van der Waals surface area contributed by atoms with Crippen LogP contribution >= 0.6 is 0 Å². The highest BCUT2D eigenvalue weighted by Crippen LogP contribution is 2.70. The lowest BCUT2D eigenvalue weighted by Crippen LogP contribution is -2.65. The SMILES string of the molecule is CC1(C)COCCC2=C3C(CC[C@@]2(O)COC1)C1CC[C@@](O)(C(F)(F)C(F)(F)F)C1(C)C[C@@H]3c1ccc(C=O)cc1. The third kappa shape index (κ3) is 4.77. The maximum absolute atomic E-state index is 15.2. The van der Waals surface area contributed by atoms with Gasteiger partial charge < -0.3 is 19.7 Å². The van der Waals surface area contributed by atoms with Gasteiger partial charge >= 0.3 is 12.1 Å². The summed E-state index contributed by atoms with van der Waals surface area (Å²) in [6.45, 7) is 6.54. The molecule has 228 valence electrons. The van der Waals surface area contributed by atoms with E-state index in [1.165, 1.54) is 6.92 Å². The Kier molecular flexibility index (Phi) is 7.53. The molecule has 2 N–H and O–H groups in total. The molecular weight excluding hydrogens is 547 g/mol. The summed E-state index contributed by atoms with van der Waals surface area (Å²) in [4.78, 5) is 11.3. The van der Waals surface area contributed by atoms with Gasteiger partial charge in [-0.05, 0) is 61.5 Å². The molecule has 10 heteroatoms. The van der Waals surface area contributed by atoms with Crippen molar-refractivity contribution in [1.29, 1.82) is 0 Å². The minimum absolute atomic E-state index is 0.0105. The fourth-order valence-corrected chi connectivity index (χ4v) is 8.31. The van der Waals surface area contributed by atoms with E-state index in [9.17, 15) is 28.2 Å². The third-order valence-electron chi connectivity index (χ3n) is 10.4. The first kappa shape index (κ1) is 30.6. The van der Waals surface area contributed by atoms with Crippen LogP contribution in [0.5, 0.6) is 0 Å². The average molecular weight is 587 g/mol. The van der Waals surface area contributed by atoms with E-state index in [4.69, 9.17) is 9.47 Å². The Labute approximate surface area is 237 Å². The number of halogens is 5.